The minimum Gasteiger partial charge on any atom is -0.454 e. The van der Waals surface area contributed by atoms with Crippen molar-refractivity contribution in [1.82, 2.24) is 14.5 Å². The van der Waals surface area contributed by atoms with Gasteiger partial charge in [0, 0.05) is 30.6 Å². The third-order valence-electron chi connectivity index (χ3n) is 4.05. The van der Waals surface area contributed by atoms with Gasteiger partial charge in [-0.1, -0.05) is 0 Å². The number of allylic oxidation sites excluding steroid dienone is 1. The van der Waals surface area contributed by atoms with E-state index in [4.69, 9.17) is 4.74 Å². The number of nitrogens with zero attached hydrogens (tertiary/aromatic N) is 3. The molecule has 1 aliphatic rings. The van der Waals surface area contributed by atoms with Gasteiger partial charge in [0.1, 0.15) is 11.6 Å². The standard InChI is InChI=1S/C17H12F3N3O/c1-9-15(24-9)12-8-21-6-5-11(12)16-22-13-7-10(17(18,19)20)3-4-14(13)23(16)2/h3-8H,1-2H3. The molecule has 0 radical (unpaired) electrons. The van der Waals surface area contributed by atoms with Crippen LogP contribution < -0.4 is 0 Å². The van der Waals surface area contributed by atoms with Crippen molar-refractivity contribution in [2.45, 2.75) is 13.1 Å². The molecule has 4 rings (SSSR count). The van der Waals surface area contributed by atoms with Gasteiger partial charge in [0.25, 0.3) is 0 Å². The van der Waals surface area contributed by atoms with Gasteiger partial charge in [-0.15, -0.1) is 0 Å². The van der Waals surface area contributed by atoms with Crippen LogP contribution in [0.4, 0.5) is 13.2 Å². The Morgan fingerprint density at radius 1 is 1.12 bits per heavy atom. The average Bonchev–Trinajstić information content (AvgIpc) is 3.18. The first-order chi connectivity index (χ1) is 11.4. The van der Waals surface area contributed by atoms with E-state index in [0.717, 1.165) is 34.8 Å². The summed E-state index contributed by atoms with van der Waals surface area (Å²) in [6.07, 6.45) is -1.10. The quantitative estimate of drug-likeness (QED) is 0.700. The van der Waals surface area contributed by atoms with E-state index >= 15 is 0 Å². The average molecular weight is 331 g/mol. The molecular weight excluding hydrogens is 319 g/mol. The lowest BCUT2D eigenvalue weighted by Crippen LogP contribution is -2.04. The van der Waals surface area contributed by atoms with Crippen LogP contribution in [-0.2, 0) is 18.0 Å². The number of fused-ring (bicyclic) bond motifs is 1. The Balaban J connectivity index is 1.91. The van der Waals surface area contributed by atoms with Crippen LogP contribution in [0.5, 0.6) is 0 Å². The molecule has 0 saturated heterocycles. The van der Waals surface area contributed by atoms with Gasteiger partial charge < -0.3 is 9.30 Å². The number of hydrogen-bond donors (Lipinski definition) is 0. The molecule has 0 aliphatic carbocycles. The van der Waals surface area contributed by atoms with Gasteiger partial charge in [-0.25, -0.2) is 4.98 Å². The van der Waals surface area contributed by atoms with Gasteiger partial charge in [0.15, 0.2) is 5.76 Å². The molecule has 122 valence electrons. The molecule has 7 heteroatoms. The van der Waals surface area contributed by atoms with Crippen LogP contribution in [0.1, 0.15) is 18.1 Å². The predicted octanol–water partition coefficient (Wildman–Crippen LogP) is 4.37. The van der Waals surface area contributed by atoms with E-state index < -0.39 is 11.7 Å². The Morgan fingerprint density at radius 3 is 2.54 bits per heavy atom. The molecule has 3 heterocycles. The third kappa shape index (κ3) is 2.24. The molecule has 4 nitrogen and oxygen atoms in total. The number of ether oxygens (including phenoxy) is 1. The highest BCUT2D eigenvalue weighted by molar-refractivity contribution is 5.86. The fourth-order valence-corrected chi connectivity index (χ4v) is 2.76. The number of aromatic nitrogens is 3. The Morgan fingerprint density at radius 2 is 1.88 bits per heavy atom. The normalized spacial score (nSPS) is 14.2. The van der Waals surface area contributed by atoms with E-state index in [0.29, 0.717) is 16.9 Å². The van der Waals surface area contributed by atoms with Gasteiger partial charge in [0.2, 0.25) is 0 Å². The Kier molecular flexibility index (Phi) is 2.97. The molecule has 2 aromatic heterocycles. The topological polar surface area (TPSA) is 43.2 Å². The van der Waals surface area contributed by atoms with Crippen molar-refractivity contribution < 1.29 is 17.9 Å². The molecule has 24 heavy (non-hydrogen) atoms. The molecule has 0 saturated carbocycles. The molecule has 0 bridgehead atoms. The van der Waals surface area contributed by atoms with E-state index in [1.165, 1.54) is 6.07 Å². The Labute approximate surface area is 135 Å². The van der Waals surface area contributed by atoms with Crippen LogP contribution in [0.25, 0.3) is 28.2 Å². The first kappa shape index (κ1) is 14.7. The summed E-state index contributed by atoms with van der Waals surface area (Å²) in [6, 6.07) is 5.35. The van der Waals surface area contributed by atoms with Crippen LogP contribution in [-0.4, -0.2) is 14.5 Å². The second-order valence-corrected chi connectivity index (χ2v) is 5.60. The van der Waals surface area contributed by atoms with Crippen LogP contribution in [0.2, 0.25) is 0 Å². The molecule has 1 aliphatic heterocycles. The summed E-state index contributed by atoms with van der Waals surface area (Å²) in [5, 5.41) is 0. The predicted molar refractivity (Wildman–Crippen MR) is 82.6 cm³/mol. The van der Waals surface area contributed by atoms with Gasteiger partial charge >= 0.3 is 6.18 Å². The van der Waals surface area contributed by atoms with Crippen LogP contribution in [0.3, 0.4) is 0 Å². The van der Waals surface area contributed by atoms with Gasteiger partial charge in [-0.05, 0) is 31.2 Å². The third-order valence-corrected chi connectivity index (χ3v) is 4.05. The minimum atomic E-state index is -4.39. The number of aryl methyl sites for hydroxylation is 1. The number of benzene rings is 1. The highest BCUT2D eigenvalue weighted by atomic mass is 19.4. The molecule has 0 fully saturated rings. The second kappa shape index (κ2) is 4.83. The monoisotopic (exact) mass is 331 g/mol. The highest BCUT2D eigenvalue weighted by Gasteiger charge is 2.31. The van der Waals surface area contributed by atoms with E-state index in [1.807, 2.05) is 6.92 Å². The van der Waals surface area contributed by atoms with Crippen molar-refractivity contribution in [3.8, 4) is 11.4 Å². The number of imidazole rings is 1. The summed E-state index contributed by atoms with van der Waals surface area (Å²) >= 11 is 0. The van der Waals surface area contributed by atoms with Gasteiger partial charge in [0.05, 0.1) is 16.6 Å². The van der Waals surface area contributed by atoms with Crippen molar-refractivity contribution in [3.63, 3.8) is 0 Å². The molecule has 0 N–H and O–H groups in total. The molecule has 1 aromatic carbocycles. The zero-order valence-corrected chi connectivity index (χ0v) is 12.8. The van der Waals surface area contributed by atoms with Crippen molar-refractivity contribution in [2.75, 3.05) is 0 Å². The van der Waals surface area contributed by atoms with Crippen LogP contribution in [0, 0.1) is 0 Å². The summed E-state index contributed by atoms with van der Waals surface area (Å²) in [5.41, 5.74) is 1.77. The van der Waals surface area contributed by atoms with Crippen LogP contribution in [0.15, 0.2) is 42.4 Å². The largest absolute Gasteiger partial charge is 0.454 e. The zero-order chi connectivity index (χ0) is 17.1. The maximum absolute atomic E-state index is 12.9. The van der Waals surface area contributed by atoms with Gasteiger partial charge in [-0.2, -0.15) is 13.2 Å². The number of halogens is 3. The first-order valence-corrected chi connectivity index (χ1v) is 7.23. The first-order valence-electron chi connectivity index (χ1n) is 7.23. The zero-order valence-electron chi connectivity index (χ0n) is 12.8. The van der Waals surface area contributed by atoms with E-state index in [-0.39, 0.29) is 0 Å². The fraction of sp³-hybridized carbons (Fsp3) is 0.176. The van der Waals surface area contributed by atoms with E-state index in [2.05, 4.69) is 9.97 Å². The van der Waals surface area contributed by atoms with Crippen molar-refractivity contribution in [1.29, 1.82) is 0 Å². The van der Waals surface area contributed by atoms with Crippen LogP contribution >= 0.6 is 0 Å². The lowest BCUT2D eigenvalue weighted by Gasteiger charge is -2.06. The number of rotatable bonds is 2. The molecule has 0 unspecified atom stereocenters. The molecule has 0 amide bonds. The highest BCUT2D eigenvalue weighted by Crippen LogP contribution is 2.40. The summed E-state index contributed by atoms with van der Waals surface area (Å²) < 4.78 is 45.8. The lowest BCUT2D eigenvalue weighted by molar-refractivity contribution is -0.137. The molecular formula is C17H12F3N3O. The van der Waals surface area contributed by atoms with E-state index in [1.54, 1.807) is 30.1 Å². The maximum atomic E-state index is 12.9. The van der Waals surface area contributed by atoms with Gasteiger partial charge in [-0.3, -0.25) is 4.98 Å². The minimum absolute atomic E-state index is 0.299. The van der Waals surface area contributed by atoms with Crippen molar-refractivity contribution >= 4 is 16.8 Å². The molecule has 3 aromatic rings. The van der Waals surface area contributed by atoms with Crippen molar-refractivity contribution in [3.05, 3.63) is 53.5 Å². The maximum Gasteiger partial charge on any atom is 0.416 e. The Bertz CT molecular complexity index is 1000. The summed E-state index contributed by atoms with van der Waals surface area (Å²) in [5.74, 6) is 2.11. The smallest absolute Gasteiger partial charge is 0.416 e. The summed E-state index contributed by atoms with van der Waals surface area (Å²) in [6.45, 7) is 1.84. The van der Waals surface area contributed by atoms with Crippen molar-refractivity contribution in [2.24, 2.45) is 7.05 Å². The Hall–Kier alpha value is -2.83. The van der Waals surface area contributed by atoms with E-state index in [9.17, 15) is 13.2 Å². The fourth-order valence-electron chi connectivity index (χ4n) is 2.76. The second-order valence-electron chi connectivity index (χ2n) is 5.60. The number of alkyl halides is 3. The number of pyridine rings is 1. The molecule has 0 atom stereocenters. The summed E-state index contributed by atoms with van der Waals surface area (Å²) in [7, 11) is 1.77. The lowest BCUT2D eigenvalue weighted by atomic mass is 10.1. The SMILES string of the molecule is CC1=C(c2cnccc2-c2nc3cc(C(F)(F)F)ccc3n2C)O1. The summed E-state index contributed by atoms with van der Waals surface area (Å²) in [4.78, 5) is 8.51. The number of hydrogen-bond acceptors (Lipinski definition) is 3. The molecule has 0 spiro atoms.